The van der Waals surface area contributed by atoms with E-state index in [1.807, 2.05) is 20.0 Å². The summed E-state index contributed by atoms with van der Waals surface area (Å²) in [6, 6.07) is 2.59. The largest absolute Gasteiger partial charge is 0.373 e. The number of nitrogens with zero attached hydrogens (tertiary/aromatic N) is 3. The van der Waals surface area contributed by atoms with Gasteiger partial charge in [0.05, 0.1) is 6.54 Å². The first-order valence-corrected chi connectivity index (χ1v) is 7.26. The molecule has 0 aromatic carbocycles. The molecule has 19 heavy (non-hydrogen) atoms. The first kappa shape index (κ1) is 14.3. The van der Waals surface area contributed by atoms with Crippen molar-refractivity contribution in [2.24, 2.45) is 11.8 Å². The van der Waals surface area contributed by atoms with Gasteiger partial charge < -0.3 is 5.32 Å². The summed E-state index contributed by atoms with van der Waals surface area (Å²) in [5.74, 6) is 3.35. The molecule has 0 bridgehead atoms. The molecule has 1 aromatic heterocycles. The molecule has 0 aliphatic carbocycles. The highest BCUT2D eigenvalue weighted by molar-refractivity contribution is 5.34. The molecule has 0 amide bonds. The van der Waals surface area contributed by atoms with Crippen LogP contribution in [0, 0.1) is 18.8 Å². The lowest BCUT2D eigenvalue weighted by Gasteiger charge is -2.40. The normalized spacial score (nSPS) is 28.4. The molecule has 4 heteroatoms. The number of aryl methyl sites for hydroxylation is 1. The van der Waals surface area contributed by atoms with Crippen LogP contribution >= 0.6 is 0 Å². The van der Waals surface area contributed by atoms with Crippen LogP contribution < -0.4 is 5.32 Å². The van der Waals surface area contributed by atoms with E-state index in [-0.39, 0.29) is 0 Å². The van der Waals surface area contributed by atoms with Gasteiger partial charge in [-0.15, -0.1) is 0 Å². The van der Waals surface area contributed by atoms with Gasteiger partial charge in [-0.3, -0.25) is 4.90 Å². The molecular weight excluding hydrogens is 236 g/mol. The molecule has 106 valence electrons. The number of nitrogens with one attached hydrogen (secondary N) is 1. The van der Waals surface area contributed by atoms with Gasteiger partial charge in [-0.2, -0.15) is 0 Å². The minimum atomic E-state index is 0.610. The Bertz CT molecular complexity index is 432. The Balaban J connectivity index is 2.13. The van der Waals surface area contributed by atoms with Crippen molar-refractivity contribution in [3.8, 4) is 0 Å². The Morgan fingerprint density at radius 3 is 2.74 bits per heavy atom. The van der Waals surface area contributed by atoms with Crippen LogP contribution in [0.5, 0.6) is 0 Å². The highest BCUT2D eigenvalue weighted by atomic mass is 15.2. The highest BCUT2D eigenvalue weighted by Gasteiger charge is 2.29. The molecule has 1 saturated heterocycles. The summed E-state index contributed by atoms with van der Waals surface area (Å²) in [6.45, 7) is 11.0. The molecular formula is C15H26N4. The zero-order valence-electron chi connectivity index (χ0n) is 12.8. The second-order valence-electron chi connectivity index (χ2n) is 6.05. The minimum absolute atomic E-state index is 0.610. The van der Waals surface area contributed by atoms with Gasteiger partial charge in [-0.1, -0.05) is 13.8 Å². The highest BCUT2D eigenvalue weighted by Crippen LogP contribution is 2.27. The Kier molecular flexibility index (Phi) is 4.40. The van der Waals surface area contributed by atoms with E-state index in [4.69, 9.17) is 0 Å². The second kappa shape index (κ2) is 5.87. The molecule has 0 radical (unpaired) electrons. The Hall–Kier alpha value is -1.16. The lowest BCUT2D eigenvalue weighted by atomic mass is 9.86. The monoisotopic (exact) mass is 262 g/mol. The Labute approximate surface area is 116 Å². The average molecular weight is 262 g/mol. The average Bonchev–Trinajstić information content (AvgIpc) is 2.34. The van der Waals surface area contributed by atoms with Crippen molar-refractivity contribution in [2.45, 2.75) is 46.7 Å². The number of anilines is 1. The first-order valence-electron chi connectivity index (χ1n) is 7.26. The van der Waals surface area contributed by atoms with E-state index in [0.717, 1.165) is 42.3 Å². The maximum atomic E-state index is 4.57. The van der Waals surface area contributed by atoms with Gasteiger partial charge in [0, 0.05) is 31.4 Å². The van der Waals surface area contributed by atoms with Crippen LogP contribution in [0.15, 0.2) is 6.07 Å². The van der Waals surface area contributed by atoms with Crippen LogP contribution in [0.3, 0.4) is 0 Å². The van der Waals surface area contributed by atoms with Crippen molar-refractivity contribution in [1.82, 2.24) is 14.9 Å². The third-order valence-corrected chi connectivity index (χ3v) is 4.22. The molecule has 1 fully saturated rings. The lowest BCUT2D eigenvalue weighted by Crippen LogP contribution is -2.45. The lowest BCUT2D eigenvalue weighted by molar-refractivity contribution is 0.0706. The Morgan fingerprint density at radius 1 is 1.32 bits per heavy atom. The van der Waals surface area contributed by atoms with Gasteiger partial charge in [-0.05, 0) is 32.1 Å². The van der Waals surface area contributed by atoms with Crippen molar-refractivity contribution < 1.29 is 0 Å². The third kappa shape index (κ3) is 3.44. The fraction of sp³-hybridized carbons (Fsp3) is 0.733. The van der Waals surface area contributed by atoms with Gasteiger partial charge in [-0.25, -0.2) is 9.97 Å². The minimum Gasteiger partial charge on any atom is -0.373 e. The van der Waals surface area contributed by atoms with Gasteiger partial charge in [0.1, 0.15) is 11.6 Å². The summed E-state index contributed by atoms with van der Waals surface area (Å²) < 4.78 is 0. The maximum Gasteiger partial charge on any atom is 0.144 e. The molecule has 0 spiro atoms. The van der Waals surface area contributed by atoms with Crippen molar-refractivity contribution >= 4 is 5.82 Å². The first-order chi connectivity index (χ1) is 8.99. The summed E-state index contributed by atoms with van der Waals surface area (Å²) >= 11 is 0. The topological polar surface area (TPSA) is 41.1 Å². The fourth-order valence-corrected chi connectivity index (χ4v) is 3.05. The summed E-state index contributed by atoms with van der Waals surface area (Å²) in [5, 5.41) is 3.10. The zero-order valence-corrected chi connectivity index (χ0v) is 12.8. The molecule has 3 unspecified atom stereocenters. The molecule has 1 aliphatic rings. The summed E-state index contributed by atoms with van der Waals surface area (Å²) in [5.41, 5.74) is 1.03. The van der Waals surface area contributed by atoms with Crippen LogP contribution in [-0.4, -0.2) is 34.5 Å². The standard InChI is InChI=1S/C15H26N4/c1-10-6-11(2)13(4)19(8-10)9-15-17-12(3)7-14(16-5)18-15/h7,10-11,13H,6,8-9H2,1-5H3,(H,16,17,18). The smallest absolute Gasteiger partial charge is 0.144 e. The van der Waals surface area contributed by atoms with Crippen molar-refractivity contribution in [2.75, 3.05) is 18.9 Å². The zero-order chi connectivity index (χ0) is 14.0. The van der Waals surface area contributed by atoms with Gasteiger partial charge in [0.15, 0.2) is 0 Å². The van der Waals surface area contributed by atoms with E-state index >= 15 is 0 Å². The van der Waals surface area contributed by atoms with Gasteiger partial charge >= 0.3 is 0 Å². The van der Waals surface area contributed by atoms with E-state index in [1.165, 1.54) is 6.42 Å². The van der Waals surface area contributed by atoms with Crippen LogP contribution in [0.4, 0.5) is 5.82 Å². The number of likely N-dealkylation sites (tertiary alicyclic amines) is 1. The molecule has 2 rings (SSSR count). The number of rotatable bonds is 3. The number of hydrogen-bond donors (Lipinski definition) is 1. The number of piperidine rings is 1. The van der Waals surface area contributed by atoms with Crippen LogP contribution in [0.1, 0.15) is 38.7 Å². The third-order valence-electron chi connectivity index (χ3n) is 4.22. The molecule has 3 atom stereocenters. The molecule has 1 N–H and O–H groups in total. The predicted molar refractivity (Wildman–Crippen MR) is 79.1 cm³/mol. The molecule has 1 aromatic rings. The van der Waals surface area contributed by atoms with Crippen molar-refractivity contribution in [1.29, 1.82) is 0 Å². The fourth-order valence-electron chi connectivity index (χ4n) is 3.05. The molecule has 1 aliphatic heterocycles. The van der Waals surface area contributed by atoms with Gasteiger partial charge in [0.25, 0.3) is 0 Å². The van der Waals surface area contributed by atoms with E-state index in [2.05, 4.69) is 41.0 Å². The van der Waals surface area contributed by atoms with E-state index in [9.17, 15) is 0 Å². The molecule has 4 nitrogen and oxygen atoms in total. The summed E-state index contributed by atoms with van der Waals surface area (Å²) in [7, 11) is 1.90. The van der Waals surface area contributed by atoms with Crippen molar-refractivity contribution in [3.05, 3.63) is 17.6 Å². The summed E-state index contributed by atoms with van der Waals surface area (Å²) in [6.07, 6.45) is 1.33. The second-order valence-corrected chi connectivity index (χ2v) is 6.05. The van der Waals surface area contributed by atoms with Crippen LogP contribution in [-0.2, 0) is 6.54 Å². The predicted octanol–water partition coefficient (Wildman–Crippen LogP) is 2.69. The SMILES string of the molecule is CNc1cc(C)nc(CN2CC(C)CC(C)C2C)n1. The number of hydrogen-bond acceptors (Lipinski definition) is 4. The maximum absolute atomic E-state index is 4.57. The Morgan fingerprint density at radius 2 is 2.05 bits per heavy atom. The number of aromatic nitrogens is 2. The molecule has 2 heterocycles. The summed E-state index contributed by atoms with van der Waals surface area (Å²) in [4.78, 5) is 11.7. The van der Waals surface area contributed by atoms with E-state index < -0.39 is 0 Å². The van der Waals surface area contributed by atoms with Crippen LogP contribution in [0.2, 0.25) is 0 Å². The van der Waals surface area contributed by atoms with Crippen molar-refractivity contribution in [3.63, 3.8) is 0 Å². The van der Waals surface area contributed by atoms with E-state index in [0.29, 0.717) is 6.04 Å². The van der Waals surface area contributed by atoms with Gasteiger partial charge in [0.2, 0.25) is 0 Å². The van der Waals surface area contributed by atoms with E-state index in [1.54, 1.807) is 0 Å². The van der Waals surface area contributed by atoms with Crippen LogP contribution in [0.25, 0.3) is 0 Å². The molecule has 0 saturated carbocycles. The quantitative estimate of drug-likeness (QED) is 0.909.